The quantitative estimate of drug-likeness (QED) is 0.118. The number of amides is 2. The van der Waals surface area contributed by atoms with Crippen LogP contribution in [0, 0.1) is 11.6 Å². The average Bonchev–Trinajstić information content (AvgIpc) is 2.95. The molecule has 4 aromatic rings. The summed E-state index contributed by atoms with van der Waals surface area (Å²) < 4.78 is 60.5. The largest absolute Gasteiger partial charge is 0.480 e. The van der Waals surface area contributed by atoms with Gasteiger partial charge in [-0.3, -0.25) is 24.5 Å². The van der Waals surface area contributed by atoms with Crippen LogP contribution < -0.4 is 20.3 Å². The van der Waals surface area contributed by atoms with Gasteiger partial charge in [0.15, 0.2) is 0 Å². The average molecular weight is 586 g/mol. The number of sulfonamides is 1. The fraction of sp³-hybridized carbons (Fsp3) is 0.185. The van der Waals surface area contributed by atoms with E-state index in [1.54, 1.807) is 29.7 Å². The highest BCUT2D eigenvalue weighted by Gasteiger charge is 2.20. The number of unbranched alkanes of at least 4 members (excludes halogenated alkanes) is 1. The summed E-state index contributed by atoms with van der Waals surface area (Å²) in [7, 11) is -3.12. The van der Waals surface area contributed by atoms with Gasteiger partial charge in [-0.05, 0) is 54.8 Å². The van der Waals surface area contributed by atoms with Crippen molar-refractivity contribution in [3.05, 3.63) is 78.1 Å². The molecule has 2 amide bonds. The molecular weight excluding hydrogens is 560 g/mol. The summed E-state index contributed by atoms with van der Waals surface area (Å²) in [5, 5.41) is 11.9. The Kier molecular flexibility index (Phi) is 9.04. The van der Waals surface area contributed by atoms with E-state index in [1.165, 1.54) is 25.6 Å². The summed E-state index contributed by atoms with van der Waals surface area (Å²) in [5.41, 5.74) is 3.39. The highest BCUT2D eigenvalue weighted by Crippen LogP contribution is 2.32. The molecule has 0 saturated heterocycles. The number of nitrogens with zero attached hydrogens (tertiary/aromatic N) is 2. The molecule has 0 bridgehead atoms. The molecule has 2 aromatic heterocycles. The smallest absolute Gasteiger partial charge is 0.262 e. The number of hydrogen-bond donors (Lipinski definition) is 4. The molecule has 0 aliphatic heterocycles. The third-order valence-corrected chi connectivity index (χ3v) is 7.34. The number of hydrogen-bond acceptors (Lipinski definition) is 8. The minimum absolute atomic E-state index is 0.0752. The predicted octanol–water partition coefficient (Wildman–Crippen LogP) is 3.79. The molecule has 14 heteroatoms. The van der Waals surface area contributed by atoms with Crippen LogP contribution in [0.3, 0.4) is 0 Å². The summed E-state index contributed by atoms with van der Waals surface area (Å²) in [6, 6.07) is 10.0. The molecule has 214 valence electrons. The van der Waals surface area contributed by atoms with Gasteiger partial charge in [-0.25, -0.2) is 27.7 Å². The highest BCUT2D eigenvalue weighted by atomic mass is 32.2. The molecule has 0 aliphatic carbocycles. The number of carbonyl (C=O) groups excluding carboxylic acids is 2. The van der Waals surface area contributed by atoms with Crippen molar-refractivity contribution in [3.63, 3.8) is 0 Å². The van der Waals surface area contributed by atoms with Crippen molar-refractivity contribution in [1.29, 1.82) is 0 Å². The van der Waals surface area contributed by atoms with Gasteiger partial charge in [0.25, 0.3) is 15.9 Å². The van der Waals surface area contributed by atoms with Crippen molar-refractivity contribution in [2.75, 3.05) is 18.4 Å². The summed E-state index contributed by atoms with van der Waals surface area (Å²) in [6.07, 6.45) is 4.06. The number of benzene rings is 2. The first-order valence-electron chi connectivity index (χ1n) is 12.2. The van der Waals surface area contributed by atoms with Crippen LogP contribution in [0.2, 0.25) is 0 Å². The molecular formula is C27H25F2N5O6S. The number of pyridine rings is 2. The number of anilines is 1. The van der Waals surface area contributed by atoms with Crippen LogP contribution in [0.1, 0.15) is 29.6 Å². The minimum atomic E-state index is -4.41. The van der Waals surface area contributed by atoms with E-state index in [0.717, 1.165) is 0 Å². The maximum absolute atomic E-state index is 13.7. The normalized spacial score (nSPS) is 11.2. The fourth-order valence-electron chi connectivity index (χ4n) is 4.02. The van der Waals surface area contributed by atoms with Gasteiger partial charge < -0.3 is 10.1 Å². The number of fused-ring (bicyclic) bond motifs is 1. The monoisotopic (exact) mass is 585 g/mol. The summed E-state index contributed by atoms with van der Waals surface area (Å²) in [4.78, 5) is 31.9. The second-order valence-corrected chi connectivity index (χ2v) is 10.5. The van der Waals surface area contributed by atoms with Gasteiger partial charge in [0.2, 0.25) is 11.8 Å². The second kappa shape index (κ2) is 12.7. The molecule has 2 heterocycles. The van der Waals surface area contributed by atoms with Crippen LogP contribution in [0.25, 0.3) is 22.0 Å². The van der Waals surface area contributed by atoms with Crippen molar-refractivity contribution < 1.29 is 36.7 Å². The van der Waals surface area contributed by atoms with E-state index < -0.39 is 32.5 Å². The zero-order valence-electron chi connectivity index (χ0n) is 21.6. The summed E-state index contributed by atoms with van der Waals surface area (Å²) in [6.45, 7) is 0.308. The Balaban J connectivity index is 1.61. The molecule has 41 heavy (non-hydrogen) atoms. The van der Waals surface area contributed by atoms with Gasteiger partial charge in [0, 0.05) is 42.4 Å². The molecule has 4 rings (SSSR count). The van der Waals surface area contributed by atoms with Crippen LogP contribution in [0.5, 0.6) is 5.88 Å². The lowest BCUT2D eigenvalue weighted by atomic mass is 10.0. The number of rotatable bonds is 11. The lowest BCUT2D eigenvalue weighted by Crippen LogP contribution is -2.25. The molecule has 0 unspecified atom stereocenters. The van der Waals surface area contributed by atoms with Crippen LogP contribution in [-0.4, -0.2) is 49.1 Å². The number of carbonyl (C=O) groups is 2. The van der Waals surface area contributed by atoms with Crippen LogP contribution in [0.15, 0.2) is 65.8 Å². The third-order valence-electron chi connectivity index (χ3n) is 6.00. The SMILES string of the molecule is COc1ncc(-c2ccc3nccc(C(=O)NCCCCC(=O)NO)c3c2)cc1NS(=O)(=O)c1cc(F)cc(F)c1. The Morgan fingerprint density at radius 3 is 2.44 bits per heavy atom. The number of halogens is 2. The molecule has 4 N–H and O–H groups in total. The molecule has 0 spiro atoms. The van der Waals surface area contributed by atoms with E-state index in [-0.39, 0.29) is 23.9 Å². The van der Waals surface area contributed by atoms with Crippen molar-refractivity contribution in [1.82, 2.24) is 20.8 Å². The molecule has 0 saturated carbocycles. The van der Waals surface area contributed by atoms with Gasteiger partial charge in [0.1, 0.15) is 17.3 Å². The first kappa shape index (κ1) is 29.3. The van der Waals surface area contributed by atoms with E-state index >= 15 is 0 Å². The van der Waals surface area contributed by atoms with Crippen LogP contribution in [0.4, 0.5) is 14.5 Å². The van der Waals surface area contributed by atoms with Crippen LogP contribution >= 0.6 is 0 Å². The van der Waals surface area contributed by atoms with Crippen molar-refractivity contribution in [2.24, 2.45) is 0 Å². The van der Waals surface area contributed by atoms with E-state index in [2.05, 4.69) is 20.0 Å². The Hall–Kier alpha value is -4.69. The van der Waals surface area contributed by atoms with Crippen molar-refractivity contribution in [2.45, 2.75) is 24.2 Å². The number of hydroxylamine groups is 1. The first-order chi connectivity index (χ1) is 19.6. The van der Waals surface area contributed by atoms with Crippen molar-refractivity contribution in [3.8, 4) is 17.0 Å². The highest BCUT2D eigenvalue weighted by molar-refractivity contribution is 7.92. The summed E-state index contributed by atoms with van der Waals surface area (Å²) >= 11 is 0. The zero-order valence-corrected chi connectivity index (χ0v) is 22.5. The maximum atomic E-state index is 13.7. The fourth-order valence-corrected chi connectivity index (χ4v) is 5.11. The molecule has 0 fully saturated rings. The molecule has 11 nitrogen and oxygen atoms in total. The lowest BCUT2D eigenvalue weighted by Gasteiger charge is -2.14. The number of nitrogens with one attached hydrogen (secondary N) is 3. The van der Waals surface area contributed by atoms with Gasteiger partial charge in [0.05, 0.1) is 23.1 Å². The zero-order chi connectivity index (χ0) is 29.6. The second-order valence-electron chi connectivity index (χ2n) is 8.83. The molecule has 0 radical (unpaired) electrons. The Bertz CT molecular complexity index is 1700. The maximum Gasteiger partial charge on any atom is 0.262 e. The van der Waals surface area contributed by atoms with Gasteiger partial charge in [-0.15, -0.1) is 0 Å². The van der Waals surface area contributed by atoms with Gasteiger partial charge in [-0.2, -0.15) is 0 Å². The van der Waals surface area contributed by atoms with Gasteiger partial charge >= 0.3 is 0 Å². The van der Waals surface area contributed by atoms with E-state index in [1.807, 2.05) is 0 Å². The van der Waals surface area contributed by atoms with Crippen LogP contribution in [-0.2, 0) is 14.8 Å². The Morgan fingerprint density at radius 2 is 1.73 bits per heavy atom. The Labute approximate surface area is 233 Å². The number of aromatic nitrogens is 2. The topological polar surface area (TPSA) is 160 Å². The standard InChI is InChI=1S/C27H25F2N5O6S/c1-40-27-24(34-41(38,39)20-13-18(28)12-19(29)14-20)11-17(15-32-27)16-5-6-23-22(10-16)21(7-9-30-23)26(36)31-8-3-2-4-25(35)33-37/h5-7,9-15,34,37H,2-4,8H2,1H3,(H,31,36)(H,33,35). The van der Waals surface area contributed by atoms with E-state index in [4.69, 9.17) is 9.94 Å². The van der Waals surface area contributed by atoms with Crippen molar-refractivity contribution >= 4 is 38.4 Å². The predicted molar refractivity (Wildman–Crippen MR) is 145 cm³/mol. The Morgan fingerprint density at radius 1 is 0.976 bits per heavy atom. The molecule has 0 atom stereocenters. The first-order valence-corrected chi connectivity index (χ1v) is 13.7. The third kappa shape index (κ3) is 7.10. The number of ether oxygens (including phenoxy) is 1. The van der Waals surface area contributed by atoms with Gasteiger partial charge in [-0.1, -0.05) is 6.07 Å². The number of methoxy groups -OCH3 is 1. The summed E-state index contributed by atoms with van der Waals surface area (Å²) in [5.74, 6) is -3.04. The van der Waals surface area contributed by atoms with E-state index in [0.29, 0.717) is 65.2 Å². The minimum Gasteiger partial charge on any atom is -0.480 e. The molecule has 0 aliphatic rings. The lowest BCUT2D eigenvalue weighted by molar-refractivity contribution is -0.129. The molecule has 2 aromatic carbocycles. The van der Waals surface area contributed by atoms with E-state index in [9.17, 15) is 26.8 Å².